The van der Waals surface area contributed by atoms with E-state index in [0.717, 1.165) is 0 Å². The van der Waals surface area contributed by atoms with Gasteiger partial charge in [0.15, 0.2) is 0 Å². The van der Waals surface area contributed by atoms with Crippen molar-refractivity contribution in [3.8, 4) is 0 Å². The maximum absolute atomic E-state index is 12.5. The van der Waals surface area contributed by atoms with Crippen LogP contribution in [0.15, 0.2) is 12.5 Å². The quantitative estimate of drug-likeness (QED) is 0.128. The summed E-state index contributed by atoms with van der Waals surface area (Å²) in [6, 6.07) is -5.71. The maximum atomic E-state index is 12.5. The normalized spacial score (nSPS) is 15.5. The molecular weight excluding hydrogens is 448 g/mol. The zero-order valence-corrected chi connectivity index (χ0v) is 17.9. The molecule has 1 aromatic heterocycles. The van der Waals surface area contributed by atoms with E-state index in [0.29, 0.717) is 5.69 Å². The van der Waals surface area contributed by atoms with Gasteiger partial charge in [-0.1, -0.05) is 0 Å². The van der Waals surface area contributed by atoms with Crippen LogP contribution >= 0.6 is 12.6 Å². The maximum Gasteiger partial charge on any atom is 0.326 e. The second-order valence-electron chi connectivity index (χ2n) is 6.85. The molecule has 0 aliphatic rings. The van der Waals surface area contributed by atoms with Gasteiger partial charge in [0.1, 0.15) is 24.2 Å². The zero-order chi connectivity index (χ0) is 24.4. The third kappa shape index (κ3) is 8.52. The van der Waals surface area contributed by atoms with Gasteiger partial charge in [0, 0.05) is 24.1 Å². The summed E-state index contributed by atoms with van der Waals surface area (Å²) in [5.74, 6) is -5.91. The molecule has 3 amide bonds. The number of aliphatic hydroxyl groups excluding tert-OH is 1. The molecule has 0 fully saturated rings. The van der Waals surface area contributed by atoms with Crippen LogP contribution in [-0.2, 0) is 30.4 Å². The van der Waals surface area contributed by atoms with E-state index in [1.807, 2.05) is 0 Å². The van der Waals surface area contributed by atoms with Crippen LogP contribution in [0.4, 0.5) is 0 Å². The third-order valence-electron chi connectivity index (χ3n) is 4.24. The van der Waals surface area contributed by atoms with E-state index in [4.69, 9.17) is 10.8 Å². The number of H-pyrrole nitrogens is 1. The molecule has 0 aliphatic carbocycles. The Morgan fingerprint density at radius 1 is 1.06 bits per heavy atom. The lowest BCUT2D eigenvalue weighted by Gasteiger charge is -2.24. The number of aliphatic hydroxyl groups is 1. The first-order chi connectivity index (χ1) is 15.0. The van der Waals surface area contributed by atoms with Crippen molar-refractivity contribution in [3.05, 3.63) is 18.2 Å². The number of thiol groups is 1. The average Bonchev–Trinajstić information content (AvgIpc) is 3.22. The first-order valence-electron chi connectivity index (χ1n) is 9.33. The molecule has 1 aromatic rings. The minimum absolute atomic E-state index is 0.108. The molecule has 1 heterocycles. The van der Waals surface area contributed by atoms with Gasteiger partial charge < -0.3 is 42.0 Å². The van der Waals surface area contributed by atoms with Gasteiger partial charge in [0.05, 0.1) is 18.9 Å². The standard InChI is InChI=1S/C17H26N6O8S/c1-7(24)13(18)16(29)21-9(3-12(25)26)14(27)23-11(5-32)15(28)22-10(17(30)31)2-8-4-19-6-20-8/h4,6-7,9-11,13,24,32H,2-3,5,18H2,1H3,(H,19,20)(H,21,29)(H,22,28)(H,23,27)(H,25,26)(H,30,31). The number of hydrogen-bond donors (Lipinski definition) is 9. The van der Waals surface area contributed by atoms with Crippen LogP contribution in [0.3, 0.4) is 0 Å². The number of carbonyl (C=O) groups is 5. The number of hydrogen-bond acceptors (Lipinski definition) is 9. The van der Waals surface area contributed by atoms with Crippen molar-refractivity contribution in [2.45, 2.75) is 50.0 Å². The van der Waals surface area contributed by atoms with Gasteiger partial charge in [-0.25, -0.2) is 9.78 Å². The van der Waals surface area contributed by atoms with E-state index < -0.39 is 66.4 Å². The molecule has 0 saturated heterocycles. The predicted molar refractivity (Wildman–Crippen MR) is 111 cm³/mol. The number of rotatable bonds is 13. The first-order valence-corrected chi connectivity index (χ1v) is 9.97. The summed E-state index contributed by atoms with van der Waals surface area (Å²) in [5.41, 5.74) is 5.92. The summed E-state index contributed by atoms with van der Waals surface area (Å²) in [5, 5.41) is 34.3. The first kappa shape index (κ1) is 26.9. The van der Waals surface area contributed by atoms with Crippen LogP contribution in [-0.4, -0.2) is 91.0 Å². The molecule has 5 unspecified atom stereocenters. The molecule has 0 spiro atoms. The monoisotopic (exact) mass is 474 g/mol. The van der Waals surface area contributed by atoms with Crippen molar-refractivity contribution in [2.75, 3.05) is 5.75 Å². The van der Waals surface area contributed by atoms with Gasteiger partial charge >= 0.3 is 11.9 Å². The zero-order valence-electron chi connectivity index (χ0n) is 17.0. The number of aliphatic carboxylic acids is 2. The molecular formula is C17H26N6O8S. The molecule has 0 radical (unpaired) electrons. The van der Waals surface area contributed by atoms with Gasteiger partial charge in [0.2, 0.25) is 17.7 Å². The number of carboxylic acids is 2. The van der Waals surface area contributed by atoms with Crippen LogP contribution in [0, 0.1) is 0 Å². The van der Waals surface area contributed by atoms with E-state index in [9.17, 15) is 34.2 Å². The van der Waals surface area contributed by atoms with E-state index in [1.165, 1.54) is 19.4 Å². The highest BCUT2D eigenvalue weighted by molar-refractivity contribution is 7.80. The van der Waals surface area contributed by atoms with Crippen molar-refractivity contribution in [1.29, 1.82) is 0 Å². The average molecular weight is 474 g/mol. The second-order valence-corrected chi connectivity index (χ2v) is 7.21. The number of nitrogens with zero attached hydrogens (tertiary/aromatic N) is 1. The fourth-order valence-electron chi connectivity index (χ4n) is 2.43. The van der Waals surface area contributed by atoms with Crippen LogP contribution in [0.5, 0.6) is 0 Å². The predicted octanol–water partition coefficient (Wildman–Crippen LogP) is -3.40. The Kier molecular flexibility index (Phi) is 10.6. The van der Waals surface area contributed by atoms with Gasteiger partial charge in [-0.3, -0.25) is 19.2 Å². The Morgan fingerprint density at radius 2 is 1.62 bits per heavy atom. The smallest absolute Gasteiger partial charge is 0.326 e. The Balaban J connectivity index is 2.86. The molecule has 0 aromatic carbocycles. The molecule has 0 bridgehead atoms. The molecule has 32 heavy (non-hydrogen) atoms. The topological polar surface area (TPSA) is 237 Å². The molecule has 1 rings (SSSR count). The Hall–Kier alpha value is -3.17. The fraction of sp³-hybridized carbons (Fsp3) is 0.529. The highest BCUT2D eigenvalue weighted by Crippen LogP contribution is 2.02. The molecule has 5 atom stereocenters. The van der Waals surface area contributed by atoms with Crippen molar-refractivity contribution in [2.24, 2.45) is 5.73 Å². The van der Waals surface area contributed by atoms with Crippen LogP contribution in [0.1, 0.15) is 19.0 Å². The number of nitrogens with one attached hydrogen (secondary N) is 4. The van der Waals surface area contributed by atoms with Crippen molar-refractivity contribution in [3.63, 3.8) is 0 Å². The summed E-state index contributed by atoms with van der Waals surface area (Å²) in [7, 11) is 0. The number of carbonyl (C=O) groups excluding carboxylic acids is 3. The van der Waals surface area contributed by atoms with Gasteiger partial charge in [-0.05, 0) is 6.92 Å². The molecule has 9 N–H and O–H groups in total. The number of carboxylic acid groups (broad SMARTS) is 2. The third-order valence-corrected chi connectivity index (χ3v) is 4.61. The Morgan fingerprint density at radius 3 is 2.09 bits per heavy atom. The van der Waals surface area contributed by atoms with Gasteiger partial charge in [-0.15, -0.1) is 0 Å². The minimum Gasteiger partial charge on any atom is -0.481 e. The van der Waals surface area contributed by atoms with E-state index in [2.05, 4.69) is 38.5 Å². The lowest BCUT2D eigenvalue weighted by atomic mass is 10.1. The highest BCUT2D eigenvalue weighted by Gasteiger charge is 2.31. The number of nitrogens with two attached hydrogens (primary N) is 1. The lowest BCUT2D eigenvalue weighted by molar-refractivity contribution is -0.143. The molecule has 0 aliphatic heterocycles. The molecule has 14 nitrogen and oxygen atoms in total. The lowest BCUT2D eigenvalue weighted by Crippen LogP contribution is -2.59. The number of amides is 3. The van der Waals surface area contributed by atoms with Crippen molar-refractivity contribution < 1.29 is 39.3 Å². The largest absolute Gasteiger partial charge is 0.481 e. The Bertz CT molecular complexity index is 818. The summed E-state index contributed by atoms with van der Waals surface area (Å²) in [6.07, 6.45) is 0.526. The number of aromatic amines is 1. The number of imidazole rings is 1. The summed E-state index contributed by atoms with van der Waals surface area (Å²) in [6.45, 7) is 1.24. The van der Waals surface area contributed by atoms with Gasteiger partial charge in [-0.2, -0.15) is 12.6 Å². The van der Waals surface area contributed by atoms with E-state index in [1.54, 1.807) is 0 Å². The summed E-state index contributed by atoms with van der Waals surface area (Å²) < 4.78 is 0. The van der Waals surface area contributed by atoms with E-state index >= 15 is 0 Å². The molecule has 178 valence electrons. The summed E-state index contributed by atoms with van der Waals surface area (Å²) in [4.78, 5) is 66.0. The second kappa shape index (κ2) is 12.6. The van der Waals surface area contributed by atoms with Crippen molar-refractivity contribution in [1.82, 2.24) is 25.9 Å². The van der Waals surface area contributed by atoms with E-state index in [-0.39, 0.29) is 12.2 Å². The van der Waals surface area contributed by atoms with Crippen LogP contribution in [0.2, 0.25) is 0 Å². The number of aromatic nitrogens is 2. The summed E-state index contributed by atoms with van der Waals surface area (Å²) >= 11 is 3.96. The fourth-order valence-corrected chi connectivity index (χ4v) is 2.68. The van der Waals surface area contributed by atoms with Crippen LogP contribution in [0.25, 0.3) is 0 Å². The molecule has 15 heteroatoms. The SMILES string of the molecule is CC(O)C(N)C(=O)NC(CC(=O)O)C(=O)NC(CS)C(=O)NC(Cc1cnc[nH]1)C(=O)O. The van der Waals surface area contributed by atoms with Crippen LogP contribution < -0.4 is 21.7 Å². The van der Waals surface area contributed by atoms with Crippen molar-refractivity contribution >= 4 is 42.3 Å². The highest BCUT2D eigenvalue weighted by atomic mass is 32.1. The Labute approximate surface area is 187 Å². The minimum atomic E-state index is -1.61. The molecule has 0 saturated carbocycles. The van der Waals surface area contributed by atoms with Gasteiger partial charge in [0.25, 0.3) is 0 Å².